The SMILES string of the molecule is CO[C@@H]1[C@@H](OC)[C@H](O)O[C@H](CO)[C@@H]1O[C@H]1O[C@H](CO)[C@H](O)[C@H](O)[C@H]1O. The Balaban J connectivity index is 2.19. The van der Waals surface area contributed by atoms with Crippen LogP contribution in [0.2, 0.25) is 0 Å². The normalized spacial score (nSPS) is 48.5. The maximum Gasteiger partial charge on any atom is 0.187 e. The predicted octanol–water partition coefficient (Wildman–Crippen LogP) is -4.09. The Morgan fingerprint density at radius 2 is 1.32 bits per heavy atom. The van der Waals surface area contributed by atoms with E-state index in [-0.39, 0.29) is 0 Å². The lowest BCUT2D eigenvalue weighted by Crippen LogP contribution is -2.65. The summed E-state index contributed by atoms with van der Waals surface area (Å²) < 4.78 is 26.6. The highest BCUT2D eigenvalue weighted by Gasteiger charge is 2.51. The van der Waals surface area contributed by atoms with Gasteiger partial charge in [0, 0.05) is 14.2 Å². The van der Waals surface area contributed by atoms with Gasteiger partial charge in [-0.2, -0.15) is 0 Å². The Labute approximate surface area is 144 Å². The van der Waals surface area contributed by atoms with E-state index in [1.165, 1.54) is 14.2 Å². The molecule has 0 spiro atoms. The molecular formula is C14H26O11. The summed E-state index contributed by atoms with van der Waals surface area (Å²) in [5.74, 6) is 0. The van der Waals surface area contributed by atoms with Crippen LogP contribution in [0, 0.1) is 0 Å². The van der Waals surface area contributed by atoms with Crippen LogP contribution >= 0.6 is 0 Å². The van der Waals surface area contributed by atoms with E-state index < -0.39 is 74.6 Å². The van der Waals surface area contributed by atoms with Crippen molar-refractivity contribution in [2.75, 3.05) is 27.4 Å². The summed E-state index contributed by atoms with van der Waals surface area (Å²) in [6, 6.07) is 0. The Kier molecular flexibility index (Phi) is 7.49. The number of rotatable bonds is 6. The van der Waals surface area contributed by atoms with Crippen molar-refractivity contribution in [2.24, 2.45) is 0 Å². The summed E-state index contributed by atoms with van der Waals surface area (Å²) in [6.45, 7) is -1.14. The van der Waals surface area contributed by atoms with Crippen molar-refractivity contribution >= 4 is 0 Å². The molecule has 0 unspecified atom stereocenters. The highest BCUT2D eigenvalue weighted by Crippen LogP contribution is 2.30. The average Bonchev–Trinajstić information content (AvgIpc) is 2.62. The molecule has 0 aliphatic carbocycles. The second kappa shape index (κ2) is 8.97. The molecule has 11 nitrogen and oxygen atoms in total. The zero-order chi connectivity index (χ0) is 18.7. The highest BCUT2D eigenvalue weighted by molar-refractivity contribution is 4.94. The third-order valence-corrected chi connectivity index (χ3v) is 4.47. The molecule has 10 atom stereocenters. The Morgan fingerprint density at radius 3 is 1.84 bits per heavy atom. The van der Waals surface area contributed by atoms with Gasteiger partial charge in [-0.1, -0.05) is 0 Å². The van der Waals surface area contributed by atoms with Gasteiger partial charge >= 0.3 is 0 Å². The summed E-state index contributed by atoms with van der Waals surface area (Å²) in [6.07, 6.45) is -12.6. The van der Waals surface area contributed by atoms with Crippen LogP contribution in [0.25, 0.3) is 0 Å². The standard InChI is InChI=1S/C14H26O11/c1-21-11-10(6(4-16)23-13(20)12(11)22-2)25-14-9(19)8(18)7(17)5(3-15)24-14/h5-20H,3-4H2,1-2H3/t5-,6-,7+,8+,9-,10+,11+,12-,13-,14-/m1/s1. The predicted molar refractivity (Wildman–Crippen MR) is 78.2 cm³/mol. The number of aliphatic hydroxyl groups excluding tert-OH is 6. The quantitative estimate of drug-likeness (QED) is 0.269. The molecule has 0 radical (unpaired) electrons. The van der Waals surface area contributed by atoms with Crippen LogP contribution in [0.4, 0.5) is 0 Å². The van der Waals surface area contributed by atoms with Crippen molar-refractivity contribution in [1.29, 1.82) is 0 Å². The Morgan fingerprint density at radius 1 is 0.720 bits per heavy atom. The fourth-order valence-electron chi connectivity index (χ4n) is 3.06. The van der Waals surface area contributed by atoms with Crippen LogP contribution in [0.1, 0.15) is 0 Å². The van der Waals surface area contributed by atoms with E-state index in [0.717, 1.165) is 0 Å². The molecule has 25 heavy (non-hydrogen) atoms. The molecule has 2 rings (SSSR count). The van der Waals surface area contributed by atoms with E-state index in [1.807, 2.05) is 0 Å². The first-order valence-corrected chi connectivity index (χ1v) is 7.85. The van der Waals surface area contributed by atoms with Crippen molar-refractivity contribution in [2.45, 2.75) is 61.4 Å². The second-order valence-corrected chi connectivity index (χ2v) is 5.95. The van der Waals surface area contributed by atoms with Crippen LogP contribution < -0.4 is 0 Å². The fourth-order valence-corrected chi connectivity index (χ4v) is 3.06. The Hall–Kier alpha value is -0.440. The molecule has 0 aromatic heterocycles. The van der Waals surface area contributed by atoms with Crippen LogP contribution in [0.3, 0.4) is 0 Å². The summed E-state index contributed by atoms with van der Waals surface area (Å²) in [5, 5.41) is 58.4. The molecule has 2 aliphatic rings. The van der Waals surface area contributed by atoms with E-state index in [4.69, 9.17) is 23.7 Å². The maximum atomic E-state index is 10.1. The number of hydrogen-bond acceptors (Lipinski definition) is 11. The van der Waals surface area contributed by atoms with Gasteiger partial charge in [-0.3, -0.25) is 0 Å². The lowest BCUT2D eigenvalue weighted by Gasteiger charge is -2.46. The lowest BCUT2D eigenvalue weighted by molar-refractivity contribution is -0.358. The molecule has 6 N–H and O–H groups in total. The van der Waals surface area contributed by atoms with E-state index in [0.29, 0.717) is 0 Å². The van der Waals surface area contributed by atoms with Crippen molar-refractivity contribution in [3.63, 3.8) is 0 Å². The zero-order valence-electron chi connectivity index (χ0n) is 13.9. The molecule has 0 aromatic rings. The molecule has 2 aliphatic heterocycles. The minimum atomic E-state index is -1.62. The first kappa shape index (κ1) is 20.9. The van der Waals surface area contributed by atoms with Crippen LogP contribution in [0.15, 0.2) is 0 Å². The van der Waals surface area contributed by atoms with E-state index >= 15 is 0 Å². The van der Waals surface area contributed by atoms with Crippen molar-refractivity contribution in [3.05, 3.63) is 0 Å². The molecule has 2 saturated heterocycles. The highest BCUT2D eigenvalue weighted by atomic mass is 16.7. The molecular weight excluding hydrogens is 344 g/mol. The number of hydrogen-bond donors (Lipinski definition) is 6. The largest absolute Gasteiger partial charge is 0.394 e. The molecule has 2 heterocycles. The van der Waals surface area contributed by atoms with Crippen molar-refractivity contribution in [3.8, 4) is 0 Å². The van der Waals surface area contributed by atoms with Gasteiger partial charge in [0.05, 0.1) is 13.2 Å². The molecule has 0 saturated carbocycles. The smallest absolute Gasteiger partial charge is 0.187 e. The first-order valence-electron chi connectivity index (χ1n) is 7.85. The number of ether oxygens (including phenoxy) is 5. The average molecular weight is 370 g/mol. The number of methoxy groups -OCH3 is 2. The summed E-state index contributed by atoms with van der Waals surface area (Å²) in [4.78, 5) is 0. The third kappa shape index (κ3) is 4.12. The molecule has 11 heteroatoms. The fraction of sp³-hybridized carbons (Fsp3) is 1.00. The van der Waals surface area contributed by atoms with Gasteiger partial charge in [-0.25, -0.2) is 0 Å². The monoisotopic (exact) mass is 370 g/mol. The van der Waals surface area contributed by atoms with Gasteiger partial charge in [0.1, 0.15) is 48.8 Å². The van der Waals surface area contributed by atoms with Gasteiger partial charge in [0.15, 0.2) is 12.6 Å². The number of aliphatic hydroxyl groups is 6. The van der Waals surface area contributed by atoms with Crippen LogP contribution in [-0.4, -0.2) is 119 Å². The van der Waals surface area contributed by atoms with Crippen molar-refractivity contribution in [1.82, 2.24) is 0 Å². The topological polar surface area (TPSA) is 168 Å². The molecule has 2 fully saturated rings. The molecule has 0 aromatic carbocycles. The minimum absolute atomic E-state index is 0.532. The Bertz CT molecular complexity index is 408. The van der Waals surface area contributed by atoms with Gasteiger partial charge in [-0.15, -0.1) is 0 Å². The maximum absolute atomic E-state index is 10.1. The molecule has 0 bridgehead atoms. The molecule has 0 amide bonds. The van der Waals surface area contributed by atoms with E-state index in [2.05, 4.69) is 0 Å². The summed E-state index contributed by atoms with van der Waals surface area (Å²) >= 11 is 0. The second-order valence-electron chi connectivity index (χ2n) is 5.95. The molecule has 148 valence electrons. The van der Waals surface area contributed by atoms with Gasteiger partial charge in [-0.05, 0) is 0 Å². The zero-order valence-corrected chi connectivity index (χ0v) is 13.9. The minimum Gasteiger partial charge on any atom is -0.394 e. The van der Waals surface area contributed by atoms with E-state index in [9.17, 15) is 30.6 Å². The van der Waals surface area contributed by atoms with Gasteiger partial charge in [0.25, 0.3) is 0 Å². The van der Waals surface area contributed by atoms with Gasteiger partial charge < -0.3 is 54.3 Å². The van der Waals surface area contributed by atoms with Crippen LogP contribution in [-0.2, 0) is 23.7 Å². The lowest BCUT2D eigenvalue weighted by atomic mass is 9.97. The first-order chi connectivity index (χ1) is 11.9. The van der Waals surface area contributed by atoms with Crippen molar-refractivity contribution < 1.29 is 54.3 Å². The van der Waals surface area contributed by atoms with E-state index in [1.54, 1.807) is 0 Å². The van der Waals surface area contributed by atoms with Gasteiger partial charge in [0.2, 0.25) is 0 Å². The third-order valence-electron chi connectivity index (χ3n) is 4.47. The summed E-state index contributed by atoms with van der Waals surface area (Å²) in [5.41, 5.74) is 0. The van der Waals surface area contributed by atoms with Crippen LogP contribution in [0.5, 0.6) is 0 Å². The summed E-state index contributed by atoms with van der Waals surface area (Å²) in [7, 11) is 2.67.